The molecule has 0 aliphatic heterocycles. The van der Waals surface area contributed by atoms with Crippen molar-refractivity contribution < 1.29 is 4.79 Å². The van der Waals surface area contributed by atoms with Crippen LogP contribution in [0.1, 0.15) is 20.8 Å². The molecule has 2 rings (SSSR count). The zero-order chi connectivity index (χ0) is 14.4. The van der Waals surface area contributed by atoms with Gasteiger partial charge in [-0.25, -0.2) is 0 Å². The van der Waals surface area contributed by atoms with E-state index >= 15 is 0 Å². The van der Waals surface area contributed by atoms with Crippen molar-refractivity contribution in [2.75, 3.05) is 13.1 Å². The van der Waals surface area contributed by atoms with Crippen LogP contribution in [0.4, 0.5) is 0 Å². The molecule has 2 aromatic heterocycles. The molecule has 20 heavy (non-hydrogen) atoms. The molecule has 0 saturated heterocycles. The number of carbonyl (C=O) groups excluding carboxylic acids is 1. The Hall–Kier alpha value is -2.10. The molecule has 0 saturated carbocycles. The molecule has 0 aliphatic rings. The maximum absolute atomic E-state index is 12.1. The van der Waals surface area contributed by atoms with Crippen molar-refractivity contribution in [1.82, 2.24) is 15.1 Å². The van der Waals surface area contributed by atoms with Crippen LogP contribution in [0.15, 0.2) is 23.8 Å². The Bertz CT molecular complexity index is 647. The topological polar surface area (TPSA) is 72.9 Å². The summed E-state index contributed by atoms with van der Waals surface area (Å²) >= 11 is 1.39. The predicted molar refractivity (Wildman–Crippen MR) is 79.5 cm³/mol. The first-order chi connectivity index (χ1) is 9.70. The SMILES string of the molecule is Cn1cc(CCNC(=O)c2sccc2C#CCN)cn1. The van der Waals surface area contributed by atoms with E-state index in [1.165, 1.54) is 11.3 Å². The molecule has 0 fully saturated rings. The van der Waals surface area contributed by atoms with Gasteiger partial charge in [-0.2, -0.15) is 5.10 Å². The van der Waals surface area contributed by atoms with E-state index in [2.05, 4.69) is 22.3 Å². The zero-order valence-electron chi connectivity index (χ0n) is 11.2. The van der Waals surface area contributed by atoms with Gasteiger partial charge in [-0.1, -0.05) is 11.8 Å². The van der Waals surface area contributed by atoms with Crippen molar-refractivity contribution in [1.29, 1.82) is 0 Å². The van der Waals surface area contributed by atoms with Gasteiger partial charge in [0.25, 0.3) is 5.91 Å². The molecule has 0 atom stereocenters. The molecule has 5 nitrogen and oxygen atoms in total. The number of carbonyl (C=O) groups is 1. The number of aryl methyl sites for hydroxylation is 1. The van der Waals surface area contributed by atoms with E-state index in [-0.39, 0.29) is 12.5 Å². The van der Waals surface area contributed by atoms with Crippen molar-refractivity contribution in [3.8, 4) is 11.8 Å². The van der Waals surface area contributed by atoms with Crippen LogP contribution in [0.25, 0.3) is 0 Å². The highest BCUT2D eigenvalue weighted by Crippen LogP contribution is 2.15. The molecular formula is C14H16N4OS. The summed E-state index contributed by atoms with van der Waals surface area (Å²) in [6.07, 6.45) is 4.50. The number of rotatable bonds is 4. The zero-order valence-corrected chi connectivity index (χ0v) is 12.0. The number of nitrogens with two attached hydrogens (primary N) is 1. The monoisotopic (exact) mass is 288 g/mol. The fraction of sp³-hybridized carbons (Fsp3) is 0.286. The maximum Gasteiger partial charge on any atom is 0.262 e. The Morgan fingerprint density at radius 2 is 2.45 bits per heavy atom. The van der Waals surface area contributed by atoms with Gasteiger partial charge >= 0.3 is 0 Å². The largest absolute Gasteiger partial charge is 0.351 e. The lowest BCUT2D eigenvalue weighted by Crippen LogP contribution is -2.25. The third-order valence-electron chi connectivity index (χ3n) is 2.65. The van der Waals surface area contributed by atoms with E-state index in [0.717, 1.165) is 17.5 Å². The first-order valence-corrected chi connectivity index (χ1v) is 7.11. The lowest BCUT2D eigenvalue weighted by Gasteiger charge is -2.02. The molecule has 2 heterocycles. The van der Waals surface area contributed by atoms with Crippen LogP contribution in [0, 0.1) is 11.8 Å². The van der Waals surface area contributed by atoms with Gasteiger partial charge in [0.05, 0.1) is 12.7 Å². The standard InChI is InChI=1S/C14H16N4OS/c1-18-10-11(9-17-18)4-7-16-14(19)13-12(3-2-6-15)5-8-20-13/h5,8-10H,4,6-7,15H2,1H3,(H,16,19). The molecule has 3 N–H and O–H groups in total. The molecule has 1 amide bonds. The van der Waals surface area contributed by atoms with Crippen LogP contribution < -0.4 is 11.1 Å². The summed E-state index contributed by atoms with van der Waals surface area (Å²) in [4.78, 5) is 12.7. The number of hydrogen-bond donors (Lipinski definition) is 2. The molecule has 0 aliphatic carbocycles. The van der Waals surface area contributed by atoms with E-state index in [1.807, 2.05) is 24.7 Å². The molecule has 0 radical (unpaired) electrons. The average molecular weight is 288 g/mol. The van der Waals surface area contributed by atoms with Gasteiger partial charge in [0.2, 0.25) is 0 Å². The third kappa shape index (κ3) is 3.70. The molecule has 0 unspecified atom stereocenters. The Balaban J connectivity index is 1.90. The number of amides is 1. The van der Waals surface area contributed by atoms with Gasteiger partial charge in [-0.05, 0) is 23.4 Å². The van der Waals surface area contributed by atoms with Crippen LogP contribution in [0.2, 0.25) is 0 Å². The van der Waals surface area contributed by atoms with Crippen molar-refractivity contribution in [2.45, 2.75) is 6.42 Å². The van der Waals surface area contributed by atoms with Crippen molar-refractivity contribution in [3.05, 3.63) is 39.8 Å². The highest BCUT2D eigenvalue weighted by Gasteiger charge is 2.11. The second-order valence-electron chi connectivity index (χ2n) is 4.20. The van der Waals surface area contributed by atoms with Gasteiger partial charge in [0.1, 0.15) is 4.88 Å². The summed E-state index contributed by atoms with van der Waals surface area (Å²) in [6, 6.07) is 1.84. The molecule has 2 aromatic rings. The second kappa shape index (κ2) is 6.89. The quantitative estimate of drug-likeness (QED) is 0.816. The summed E-state index contributed by atoms with van der Waals surface area (Å²) in [7, 11) is 1.87. The maximum atomic E-state index is 12.1. The number of thiophene rings is 1. The Labute approximate surface area is 121 Å². The fourth-order valence-electron chi connectivity index (χ4n) is 1.73. The van der Waals surface area contributed by atoms with Crippen LogP contribution in [-0.4, -0.2) is 28.8 Å². The molecule has 0 aromatic carbocycles. The molecule has 104 valence electrons. The van der Waals surface area contributed by atoms with Crippen LogP contribution in [0.3, 0.4) is 0 Å². The lowest BCUT2D eigenvalue weighted by atomic mass is 10.2. The molecule has 0 bridgehead atoms. The first kappa shape index (κ1) is 14.3. The van der Waals surface area contributed by atoms with Gasteiger partial charge in [-0.15, -0.1) is 11.3 Å². The van der Waals surface area contributed by atoms with E-state index in [1.54, 1.807) is 10.9 Å². The van der Waals surface area contributed by atoms with Crippen LogP contribution in [0.5, 0.6) is 0 Å². The minimum atomic E-state index is -0.0924. The smallest absolute Gasteiger partial charge is 0.262 e. The summed E-state index contributed by atoms with van der Waals surface area (Å²) in [5.41, 5.74) is 7.17. The third-order valence-corrected chi connectivity index (χ3v) is 3.57. The van der Waals surface area contributed by atoms with Gasteiger partial charge in [-0.3, -0.25) is 9.48 Å². The Morgan fingerprint density at radius 3 is 3.15 bits per heavy atom. The van der Waals surface area contributed by atoms with Gasteiger partial charge in [0.15, 0.2) is 0 Å². The average Bonchev–Trinajstić information content (AvgIpc) is 3.05. The molecule has 6 heteroatoms. The van der Waals surface area contributed by atoms with E-state index in [4.69, 9.17) is 5.73 Å². The fourth-order valence-corrected chi connectivity index (χ4v) is 2.50. The first-order valence-electron chi connectivity index (χ1n) is 6.23. The normalized spacial score (nSPS) is 9.90. The lowest BCUT2D eigenvalue weighted by molar-refractivity contribution is 0.0958. The number of nitrogens with zero attached hydrogens (tertiary/aromatic N) is 2. The van der Waals surface area contributed by atoms with E-state index in [0.29, 0.717) is 11.4 Å². The van der Waals surface area contributed by atoms with Gasteiger partial charge in [0, 0.05) is 25.4 Å². The summed E-state index contributed by atoms with van der Waals surface area (Å²) < 4.78 is 1.75. The van der Waals surface area contributed by atoms with Crippen molar-refractivity contribution in [3.63, 3.8) is 0 Å². The number of hydrogen-bond acceptors (Lipinski definition) is 4. The van der Waals surface area contributed by atoms with Crippen LogP contribution >= 0.6 is 11.3 Å². The molecular weight excluding hydrogens is 272 g/mol. The van der Waals surface area contributed by atoms with Gasteiger partial charge < -0.3 is 11.1 Å². The summed E-state index contributed by atoms with van der Waals surface area (Å²) in [5, 5.41) is 8.84. The van der Waals surface area contributed by atoms with Crippen molar-refractivity contribution >= 4 is 17.2 Å². The molecule has 0 spiro atoms. The van der Waals surface area contributed by atoms with E-state index in [9.17, 15) is 4.79 Å². The Kier molecular flexibility index (Phi) is 4.93. The minimum Gasteiger partial charge on any atom is -0.351 e. The van der Waals surface area contributed by atoms with Crippen molar-refractivity contribution in [2.24, 2.45) is 12.8 Å². The summed E-state index contributed by atoms with van der Waals surface area (Å²) in [5.74, 6) is 5.58. The van der Waals surface area contributed by atoms with Crippen LogP contribution in [-0.2, 0) is 13.5 Å². The number of nitrogens with one attached hydrogen (secondary N) is 1. The minimum absolute atomic E-state index is 0.0924. The summed E-state index contributed by atoms with van der Waals surface area (Å²) in [6.45, 7) is 0.865. The highest BCUT2D eigenvalue weighted by atomic mass is 32.1. The second-order valence-corrected chi connectivity index (χ2v) is 5.11. The Morgan fingerprint density at radius 1 is 1.60 bits per heavy atom. The number of aromatic nitrogens is 2. The predicted octanol–water partition coefficient (Wildman–Crippen LogP) is 0.764. The van der Waals surface area contributed by atoms with E-state index < -0.39 is 0 Å². The highest BCUT2D eigenvalue weighted by molar-refractivity contribution is 7.12.